The largest absolute Gasteiger partial charge is 0.464 e. The SMILES string of the molecule is COC(=O)c1[nH]c([C@@H]2C[C@@H](O[Si](C)(C)C(C)(C)C)CN2C(=O)OC(C)(C)C)nc1C. The highest BCUT2D eigenvalue weighted by Gasteiger charge is 2.45. The Kier molecular flexibility index (Phi) is 6.78. The maximum absolute atomic E-state index is 13.0. The van der Waals surface area contributed by atoms with Gasteiger partial charge in [-0.25, -0.2) is 14.6 Å². The third-order valence-electron chi connectivity index (χ3n) is 5.77. The highest BCUT2D eigenvalue weighted by Crippen LogP contribution is 2.41. The minimum Gasteiger partial charge on any atom is -0.464 e. The first kappa shape index (κ1) is 24.4. The van der Waals surface area contributed by atoms with E-state index in [0.29, 0.717) is 30.2 Å². The predicted octanol–water partition coefficient (Wildman–Crippen LogP) is 4.58. The summed E-state index contributed by atoms with van der Waals surface area (Å²) in [6.07, 6.45) is 0.0390. The zero-order valence-corrected chi connectivity index (χ0v) is 21.0. The van der Waals surface area contributed by atoms with Gasteiger partial charge in [-0.2, -0.15) is 0 Å². The first-order valence-electron chi connectivity index (χ1n) is 10.4. The van der Waals surface area contributed by atoms with Gasteiger partial charge in [0.15, 0.2) is 8.32 Å². The van der Waals surface area contributed by atoms with E-state index in [2.05, 4.69) is 43.8 Å². The molecule has 170 valence electrons. The van der Waals surface area contributed by atoms with Crippen molar-refractivity contribution in [3.05, 3.63) is 17.2 Å². The first-order valence-corrected chi connectivity index (χ1v) is 13.3. The molecule has 0 radical (unpaired) electrons. The molecule has 0 aliphatic carbocycles. The van der Waals surface area contributed by atoms with E-state index < -0.39 is 26.0 Å². The number of nitrogens with zero attached hydrogens (tertiary/aromatic N) is 2. The number of esters is 1. The van der Waals surface area contributed by atoms with Gasteiger partial charge in [-0.1, -0.05) is 20.8 Å². The van der Waals surface area contributed by atoms with E-state index in [1.165, 1.54) is 7.11 Å². The van der Waals surface area contributed by atoms with Gasteiger partial charge in [0, 0.05) is 13.0 Å². The summed E-state index contributed by atoms with van der Waals surface area (Å²) in [6.45, 7) is 18.6. The topological polar surface area (TPSA) is 93.8 Å². The van der Waals surface area contributed by atoms with Crippen LogP contribution in [0.25, 0.3) is 0 Å². The number of aromatic amines is 1. The molecular formula is C21H37N3O5Si. The number of hydrogen-bond donors (Lipinski definition) is 1. The number of methoxy groups -OCH3 is 1. The molecule has 0 unspecified atom stereocenters. The maximum atomic E-state index is 13.0. The summed E-state index contributed by atoms with van der Waals surface area (Å²) in [4.78, 5) is 34.2. The highest BCUT2D eigenvalue weighted by atomic mass is 28.4. The van der Waals surface area contributed by atoms with Crippen molar-refractivity contribution in [1.82, 2.24) is 14.9 Å². The summed E-state index contributed by atoms with van der Waals surface area (Å²) in [6, 6.07) is -0.369. The number of nitrogens with one attached hydrogen (secondary N) is 1. The van der Waals surface area contributed by atoms with E-state index in [-0.39, 0.29) is 17.2 Å². The van der Waals surface area contributed by atoms with E-state index in [4.69, 9.17) is 13.9 Å². The average molecular weight is 440 g/mol. The second-order valence-electron chi connectivity index (χ2n) is 10.5. The summed E-state index contributed by atoms with van der Waals surface area (Å²) in [5.74, 6) is 0.0576. The minimum atomic E-state index is -2.02. The number of H-pyrrole nitrogens is 1. The van der Waals surface area contributed by atoms with Crippen LogP contribution in [0.4, 0.5) is 4.79 Å². The summed E-state index contributed by atoms with van der Waals surface area (Å²) < 4.78 is 17.0. The Morgan fingerprint density at radius 1 is 1.17 bits per heavy atom. The van der Waals surface area contributed by atoms with Crippen molar-refractivity contribution in [1.29, 1.82) is 0 Å². The van der Waals surface area contributed by atoms with Crippen LogP contribution in [0.1, 0.15) is 76.0 Å². The van der Waals surface area contributed by atoms with Gasteiger partial charge in [0.2, 0.25) is 0 Å². The van der Waals surface area contributed by atoms with E-state index in [1.807, 2.05) is 20.8 Å². The molecule has 1 fully saturated rings. The normalized spacial score (nSPS) is 20.4. The number of aryl methyl sites for hydroxylation is 1. The zero-order chi connectivity index (χ0) is 23.1. The fourth-order valence-corrected chi connectivity index (χ4v) is 4.56. The molecule has 1 aromatic rings. The lowest BCUT2D eigenvalue weighted by Gasteiger charge is -2.38. The first-order chi connectivity index (χ1) is 13.6. The molecular weight excluding hydrogens is 402 g/mol. The fraction of sp³-hybridized carbons (Fsp3) is 0.762. The molecule has 0 aromatic carbocycles. The monoisotopic (exact) mass is 439 g/mol. The van der Waals surface area contributed by atoms with Crippen molar-refractivity contribution in [3.63, 3.8) is 0 Å². The molecule has 1 aliphatic rings. The molecule has 2 atom stereocenters. The molecule has 1 aliphatic heterocycles. The summed E-state index contributed by atoms with van der Waals surface area (Å²) in [5, 5.41) is 0.0567. The Morgan fingerprint density at radius 2 is 1.77 bits per heavy atom. The standard InChI is InChI=1S/C21H37N3O5Si/c1-13-16(18(25)27-8)23-17(22-13)15-11-14(29-30(9,10)21(5,6)7)12-24(15)19(26)28-20(2,3)4/h14-15H,11-12H2,1-10H3,(H,22,23)/t14-,15+/m1/s1. The summed E-state index contributed by atoms with van der Waals surface area (Å²) >= 11 is 0. The van der Waals surface area contributed by atoms with Crippen molar-refractivity contribution in [2.75, 3.05) is 13.7 Å². The third kappa shape index (κ3) is 5.43. The van der Waals surface area contributed by atoms with E-state index in [1.54, 1.807) is 11.8 Å². The number of amides is 1. The van der Waals surface area contributed by atoms with Gasteiger partial charge >= 0.3 is 12.1 Å². The quantitative estimate of drug-likeness (QED) is 0.545. The van der Waals surface area contributed by atoms with Crippen molar-refractivity contribution in [2.45, 2.75) is 90.8 Å². The molecule has 1 amide bonds. The molecule has 8 nitrogen and oxygen atoms in total. The molecule has 1 N–H and O–H groups in total. The van der Waals surface area contributed by atoms with Crippen LogP contribution in [0, 0.1) is 6.92 Å². The van der Waals surface area contributed by atoms with Gasteiger partial charge in [-0.05, 0) is 45.8 Å². The van der Waals surface area contributed by atoms with Gasteiger partial charge < -0.3 is 18.9 Å². The van der Waals surface area contributed by atoms with Gasteiger partial charge in [0.25, 0.3) is 0 Å². The van der Waals surface area contributed by atoms with Crippen LogP contribution >= 0.6 is 0 Å². The third-order valence-corrected chi connectivity index (χ3v) is 10.3. The van der Waals surface area contributed by atoms with E-state index >= 15 is 0 Å². The van der Waals surface area contributed by atoms with Crippen LogP contribution in [0.3, 0.4) is 0 Å². The van der Waals surface area contributed by atoms with Crippen molar-refractivity contribution >= 4 is 20.4 Å². The zero-order valence-electron chi connectivity index (χ0n) is 20.0. The number of hydrogen-bond acceptors (Lipinski definition) is 6. The highest BCUT2D eigenvalue weighted by molar-refractivity contribution is 6.74. The lowest BCUT2D eigenvalue weighted by molar-refractivity contribution is 0.0203. The molecule has 30 heavy (non-hydrogen) atoms. The Bertz CT molecular complexity index is 792. The molecule has 2 heterocycles. The van der Waals surface area contributed by atoms with Gasteiger partial charge in [-0.15, -0.1) is 0 Å². The second kappa shape index (κ2) is 8.34. The number of likely N-dealkylation sites (tertiary alicyclic amines) is 1. The smallest absolute Gasteiger partial charge is 0.411 e. The lowest BCUT2D eigenvalue weighted by Crippen LogP contribution is -2.45. The van der Waals surface area contributed by atoms with Crippen LogP contribution in [0.15, 0.2) is 0 Å². The molecule has 0 saturated carbocycles. The van der Waals surface area contributed by atoms with E-state index in [9.17, 15) is 9.59 Å². The van der Waals surface area contributed by atoms with Crippen LogP contribution < -0.4 is 0 Å². The van der Waals surface area contributed by atoms with Crippen LogP contribution in [0.2, 0.25) is 18.1 Å². The van der Waals surface area contributed by atoms with Crippen molar-refractivity contribution in [3.8, 4) is 0 Å². The fourth-order valence-electron chi connectivity index (χ4n) is 3.20. The van der Waals surface area contributed by atoms with Gasteiger partial charge in [0.1, 0.15) is 17.1 Å². The number of imidazole rings is 1. The number of ether oxygens (including phenoxy) is 2. The maximum Gasteiger partial charge on any atom is 0.411 e. The minimum absolute atomic E-state index is 0.0567. The van der Waals surface area contributed by atoms with Gasteiger partial charge in [0.05, 0.1) is 24.9 Å². The average Bonchev–Trinajstić information content (AvgIpc) is 3.14. The molecule has 1 saturated heterocycles. The lowest BCUT2D eigenvalue weighted by atomic mass is 10.2. The Labute approximate surface area is 180 Å². The van der Waals surface area contributed by atoms with E-state index in [0.717, 1.165) is 0 Å². The summed E-state index contributed by atoms with van der Waals surface area (Å²) in [5.41, 5.74) is 0.219. The predicted molar refractivity (Wildman–Crippen MR) is 117 cm³/mol. The van der Waals surface area contributed by atoms with Crippen molar-refractivity contribution in [2.24, 2.45) is 0 Å². The number of carbonyl (C=O) groups excluding carboxylic acids is 2. The van der Waals surface area contributed by atoms with Crippen LogP contribution in [0.5, 0.6) is 0 Å². The van der Waals surface area contributed by atoms with Gasteiger partial charge in [-0.3, -0.25) is 4.90 Å². The molecule has 9 heteroatoms. The Hall–Kier alpha value is -1.87. The molecule has 0 spiro atoms. The van der Waals surface area contributed by atoms with Crippen LogP contribution in [-0.4, -0.2) is 60.6 Å². The van der Waals surface area contributed by atoms with Crippen LogP contribution in [-0.2, 0) is 13.9 Å². The molecule has 2 rings (SSSR count). The number of carbonyl (C=O) groups is 2. The molecule has 1 aromatic heterocycles. The second-order valence-corrected chi connectivity index (χ2v) is 15.2. The summed E-state index contributed by atoms with van der Waals surface area (Å²) in [7, 11) is -0.697. The molecule has 0 bridgehead atoms. The Balaban J connectivity index is 2.34. The number of rotatable bonds is 4. The Morgan fingerprint density at radius 3 is 2.27 bits per heavy atom. The number of aromatic nitrogens is 2. The van der Waals surface area contributed by atoms with Crippen molar-refractivity contribution < 1.29 is 23.5 Å².